The van der Waals surface area contributed by atoms with Crippen molar-refractivity contribution < 1.29 is 13.2 Å². The quantitative estimate of drug-likeness (QED) is 0.481. The molecule has 0 saturated heterocycles. The van der Waals surface area contributed by atoms with Gasteiger partial charge >= 0.3 is 0 Å². The summed E-state index contributed by atoms with van der Waals surface area (Å²) in [6, 6.07) is 4.68. The molecule has 0 aromatic heterocycles. The average Bonchev–Trinajstić information content (AvgIpc) is 2.23. The van der Waals surface area contributed by atoms with Gasteiger partial charge in [0.25, 0.3) is 9.05 Å². The van der Waals surface area contributed by atoms with Crippen molar-refractivity contribution in [2.45, 2.75) is 25.2 Å². The van der Waals surface area contributed by atoms with Crippen molar-refractivity contribution in [3.63, 3.8) is 0 Å². The molecule has 92 valence electrons. The van der Waals surface area contributed by atoms with Gasteiger partial charge in [-0.2, -0.15) is 0 Å². The van der Waals surface area contributed by atoms with Gasteiger partial charge in [-0.1, -0.05) is 0 Å². The van der Waals surface area contributed by atoms with E-state index in [0.717, 1.165) is 0 Å². The second-order valence-electron chi connectivity index (χ2n) is 3.39. The molecule has 3 nitrogen and oxygen atoms in total. The largest absolute Gasteiger partial charge is 0.493 e. The Labute approximate surface area is 106 Å². The molecule has 1 rings (SSSR count). The fraction of sp³-hybridized carbons (Fsp3) is 0.333. The Morgan fingerprint density at radius 1 is 1.41 bits per heavy atom. The van der Waals surface area contributed by atoms with E-state index in [4.69, 9.17) is 15.4 Å². The Morgan fingerprint density at radius 2 is 2.12 bits per heavy atom. The van der Waals surface area contributed by atoms with E-state index in [1.54, 1.807) is 26.0 Å². The molecular formula is C12H13ClO3S. The summed E-state index contributed by atoms with van der Waals surface area (Å²) in [4.78, 5) is 0.111. The van der Waals surface area contributed by atoms with E-state index in [1.807, 2.05) is 0 Å². The summed E-state index contributed by atoms with van der Waals surface area (Å²) in [6.07, 6.45) is 0.644. The SMILES string of the molecule is CC#CCCOc1ccc(S(=O)(=O)Cl)c(C)c1. The molecule has 17 heavy (non-hydrogen) atoms. The van der Waals surface area contributed by atoms with E-state index >= 15 is 0 Å². The molecule has 0 heterocycles. The first-order valence-corrected chi connectivity index (χ1v) is 7.34. The van der Waals surface area contributed by atoms with Gasteiger partial charge in [-0.25, -0.2) is 8.42 Å². The molecule has 0 aliphatic carbocycles. The average molecular weight is 273 g/mol. The molecule has 0 saturated carbocycles. The number of rotatable bonds is 4. The van der Waals surface area contributed by atoms with E-state index in [-0.39, 0.29) is 4.90 Å². The Hall–Kier alpha value is -1.18. The first-order chi connectivity index (χ1) is 7.95. The van der Waals surface area contributed by atoms with Crippen LogP contribution in [0.2, 0.25) is 0 Å². The highest BCUT2D eigenvalue weighted by atomic mass is 35.7. The maximum absolute atomic E-state index is 11.2. The molecule has 0 aliphatic rings. The smallest absolute Gasteiger partial charge is 0.261 e. The van der Waals surface area contributed by atoms with Crippen LogP contribution in [0.1, 0.15) is 18.9 Å². The highest BCUT2D eigenvalue weighted by Crippen LogP contribution is 2.23. The lowest BCUT2D eigenvalue weighted by atomic mass is 10.2. The number of benzene rings is 1. The van der Waals surface area contributed by atoms with E-state index in [2.05, 4.69) is 11.8 Å². The third-order valence-electron chi connectivity index (χ3n) is 2.08. The van der Waals surface area contributed by atoms with Crippen LogP contribution < -0.4 is 4.74 Å². The second-order valence-corrected chi connectivity index (χ2v) is 5.92. The van der Waals surface area contributed by atoms with E-state index in [0.29, 0.717) is 24.3 Å². The molecule has 0 N–H and O–H groups in total. The Bertz CT molecular complexity index is 553. The topological polar surface area (TPSA) is 43.4 Å². The van der Waals surface area contributed by atoms with E-state index in [1.165, 1.54) is 6.07 Å². The van der Waals surface area contributed by atoms with Gasteiger partial charge < -0.3 is 4.74 Å². The summed E-state index contributed by atoms with van der Waals surface area (Å²) >= 11 is 0. The van der Waals surface area contributed by atoms with Crippen LogP contribution in [0.25, 0.3) is 0 Å². The Balaban J connectivity index is 2.78. The van der Waals surface area contributed by atoms with Crippen molar-refractivity contribution in [1.29, 1.82) is 0 Å². The lowest BCUT2D eigenvalue weighted by Gasteiger charge is -2.07. The maximum Gasteiger partial charge on any atom is 0.261 e. The van der Waals surface area contributed by atoms with Crippen LogP contribution in [-0.2, 0) is 9.05 Å². The maximum atomic E-state index is 11.2. The third-order valence-corrected chi connectivity index (χ3v) is 3.56. The van der Waals surface area contributed by atoms with Crippen molar-refractivity contribution in [3.8, 4) is 17.6 Å². The first kappa shape index (κ1) is 13.9. The highest BCUT2D eigenvalue weighted by molar-refractivity contribution is 8.13. The zero-order chi connectivity index (χ0) is 12.9. The van der Waals surface area contributed by atoms with Gasteiger partial charge in [0.1, 0.15) is 5.75 Å². The number of ether oxygens (including phenoxy) is 1. The van der Waals surface area contributed by atoms with Gasteiger partial charge in [-0.3, -0.25) is 0 Å². The minimum Gasteiger partial charge on any atom is -0.493 e. The molecule has 0 aliphatic heterocycles. The monoisotopic (exact) mass is 272 g/mol. The molecule has 0 atom stereocenters. The van der Waals surface area contributed by atoms with Crippen molar-refractivity contribution in [2.24, 2.45) is 0 Å². The Kier molecular flexibility index (Phi) is 4.86. The fourth-order valence-corrected chi connectivity index (χ4v) is 2.52. The molecule has 0 unspecified atom stereocenters. The molecule has 1 aromatic rings. The normalized spacial score (nSPS) is 10.5. The van der Waals surface area contributed by atoms with Crippen LogP contribution in [0.4, 0.5) is 0 Å². The van der Waals surface area contributed by atoms with Crippen molar-refractivity contribution in [3.05, 3.63) is 23.8 Å². The molecule has 0 bridgehead atoms. The summed E-state index contributed by atoms with van der Waals surface area (Å²) in [5.74, 6) is 6.26. The molecular weight excluding hydrogens is 260 g/mol. The minimum absolute atomic E-state index is 0.111. The van der Waals surface area contributed by atoms with Crippen LogP contribution >= 0.6 is 10.7 Å². The number of aryl methyl sites for hydroxylation is 1. The molecule has 0 radical (unpaired) electrons. The number of hydrogen-bond acceptors (Lipinski definition) is 3. The van der Waals surface area contributed by atoms with Crippen molar-refractivity contribution in [2.75, 3.05) is 6.61 Å². The fourth-order valence-electron chi connectivity index (χ4n) is 1.33. The Morgan fingerprint density at radius 3 is 2.65 bits per heavy atom. The van der Waals surface area contributed by atoms with Gasteiger partial charge in [0.15, 0.2) is 0 Å². The van der Waals surface area contributed by atoms with E-state index < -0.39 is 9.05 Å². The lowest BCUT2D eigenvalue weighted by Crippen LogP contribution is -1.99. The van der Waals surface area contributed by atoms with Crippen LogP contribution in [0.3, 0.4) is 0 Å². The zero-order valence-electron chi connectivity index (χ0n) is 9.66. The van der Waals surface area contributed by atoms with Crippen LogP contribution in [0.5, 0.6) is 5.75 Å². The van der Waals surface area contributed by atoms with Crippen LogP contribution in [0, 0.1) is 18.8 Å². The summed E-state index contributed by atoms with van der Waals surface area (Å²) in [5, 5.41) is 0. The molecule has 1 aromatic carbocycles. The van der Waals surface area contributed by atoms with Gasteiger partial charge in [-0.15, -0.1) is 11.8 Å². The van der Waals surface area contributed by atoms with Gasteiger partial charge in [-0.05, 0) is 37.6 Å². The summed E-state index contributed by atoms with van der Waals surface area (Å²) in [7, 11) is 1.59. The summed E-state index contributed by atoms with van der Waals surface area (Å²) in [5.41, 5.74) is 0.569. The van der Waals surface area contributed by atoms with Gasteiger partial charge in [0, 0.05) is 17.1 Å². The molecule has 0 amide bonds. The van der Waals surface area contributed by atoms with Crippen LogP contribution in [0.15, 0.2) is 23.1 Å². The van der Waals surface area contributed by atoms with E-state index in [9.17, 15) is 8.42 Å². The lowest BCUT2D eigenvalue weighted by molar-refractivity contribution is 0.326. The predicted molar refractivity (Wildman–Crippen MR) is 67.8 cm³/mol. The van der Waals surface area contributed by atoms with Gasteiger partial charge in [0.05, 0.1) is 11.5 Å². The number of hydrogen-bond donors (Lipinski definition) is 0. The minimum atomic E-state index is -3.69. The number of halogens is 1. The molecule has 0 fully saturated rings. The standard InChI is InChI=1S/C12H13ClO3S/c1-3-4-5-8-16-11-6-7-12(10(2)9-11)17(13,14)15/h6-7,9H,5,8H2,1-2H3. The molecule has 5 heteroatoms. The second kappa shape index (κ2) is 5.95. The summed E-state index contributed by atoms with van der Waals surface area (Å²) < 4.78 is 27.8. The van der Waals surface area contributed by atoms with Crippen molar-refractivity contribution >= 4 is 19.7 Å². The first-order valence-electron chi connectivity index (χ1n) is 5.03. The predicted octanol–water partition coefficient (Wildman–Crippen LogP) is 2.71. The van der Waals surface area contributed by atoms with Crippen LogP contribution in [-0.4, -0.2) is 15.0 Å². The van der Waals surface area contributed by atoms with Crippen molar-refractivity contribution in [1.82, 2.24) is 0 Å². The molecule has 0 spiro atoms. The highest BCUT2D eigenvalue weighted by Gasteiger charge is 2.13. The third kappa shape index (κ3) is 4.29. The van der Waals surface area contributed by atoms with Gasteiger partial charge in [0.2, 0.25) is 0 Å². The summed E-state index contributed by atoms with van der Waals surface area (Å²) in [6.45, 7) is 3.92. The zero-order valence-corrected chi connectivity index (χ0v) is 11.2.